The van der Waals surface area contributed by atoms with Gasteiger partial charge in [-0.25, -0.2) is 4.39 Å². The van der Waals surface area contributed by atoms with Crippen molar-refractivity contribution in [1.29, 1.82) is 0 Å². The van der Waals surface area contributed by atoms with Crippen LogP contribution in [0.25, 0.3) is 0 Å². The van der Waals surface area contributed by atoms with Gasteiger partial charge in [0.15, 0.2) is 5.96 Å². The average Bonchev–Trinajstić information content (AvgIpc) is 3.08. The van der Waals surface area contributed by atoms with Gasteiger partial charge in [-0.05, 0) is 38.2 Å². The van der Waals surface area contributed by atoms with E-state index in [9.17, 15) is 9.18 Å². The fourth-order valence-corrected chi connectivity index (χ4v) is 3.10. The van der Waals surface area contributed by atoms with Gasteiger partial charge in [0.25, 0.3) is 0 Å². The number of nitrogens with one attached hydrogen (secondary N) is 2. The summed E-state index contributed by atoms with van der Waals surface area (Å²) in [6.45, 7) is 4.50. The van der Waals surface area contributed by atoms with Gasteiger partial charge in [0.1, 0.15) is 5.82 Å². The van der Waals surface area contributed by atoms with Crippen molar-refractivity contribution >= 4 is 11.9 Å². The second-order valence-electron chi connectivity index (χ2n) is 6.91. The summed E-state index contributed by atoms with van der Waals surface area (Å²) >= 11 is 0. The first-order valence-corrected chi connectivity index (χ1v) is 9.10. The van der Waals surface area contributed by atoms with E-state index >= 15 is 0 Å². The summed E-state index contributed by atoms with van der Waals surface area (Å²) in [5.74, 6) is 0.702. The van der Waals surface area contributed by atoms with E-state index in [4.69, 9.17) is 0 Å². The van der Waals surface area contributed by atoms with Gasteiger partial charge < -0.3 is 20.4 Å². The number of hydrogen-bond acceptors (Lipinski definition) is 3. The Balaban J connectivity index is 1.88. The summed E-state index contributed by atoms with van der Waals surface area (Å²) < 4.78 is 13.9. The topological polar surface area (TPSA) is 60.0 Å². The van der Waals surface area contributed by atoms with Crippen molar-refractivity contribution in [3.63, 3.8) is 0 Å². The Bertz CT molecular complexity index is 647. The molecule has 2 N–H and O–H groups in total. The highest BCUT2D eigenvalue weighted by Crippen LogP contribution is 2.13. The molecule has 1 saturated heterocycles. The van der Waals surface area contributed by atoms with Crippen LogP contribution in [0.2, 0.25) is 0 Å². The molecule has 26 heavy (non-hydrogen) atoms. The fraction of sp³-hybridized carbons (Fsp3) is 0.579. The Morgan fingerprint density at radius 3 is 2.85 bits per heavy atom. The molecule has 1 amide bonds. The number of guanidine groups is 1. The molecule has 1 atom stereocenters. The van der Waals surface area contributed by atoms with E-state index in [1.54, 1.807) is 13.1 Å². The molecule has 1 aromatic rings. The summed E-state index contributed by atoms with van der Waals surface area (Å²) in [6.07, 6.45) is 1.45. The minimum absolute atomic E-state index is 0.184. The number of carbonyl (C=O) groups excluding carboxylic acids is 1. The third kappa shape index (κ3) is 5.69. The maximum absolute atomic E-state index is 13.9. The van der Waals surface area contributed by atoms with Crippen LogP contribution < -0.4 is 10.6 Å². The van der Waals surface area contributed by atoms with Gasteiger partial charge in [0.05, 0.1) is 0 Å². The van der Waals surface area contributed by atoms with Gasteiger partial charge >= 0.3 is 0 Å². The molecule has 2 rings (SSSR count). The molecule has 0 radical (unpaired) electrons. The van der Waals surface area contributed by atoms with Crippen LogP contribution in [0.3, 0.4) is 0 Å². The highest BCUT2D eigenvalue weighted by molar-refractivity contribution is 5.80. The number of aliphatic imine (C=N–C) groups is 1. The highest BCUT2D eigenvalue weighted by Gasteiger charge is 2.25. The summed E-state index contributed by atoms with van der Waals surface area (Å²) in [4.78, 5) is 19.9. The lowest BCUT2D eigenvalue weighted by Gasteiger charge is -2.19. The Labute approximate surface area is 155 Å². The predicted molar refractivity (Wildman–Crippen MR) is 102 cm³/mol. The largest absolute Gasteiger partial charge is 0.352 e. The number of benzene rings is 1. The van der Waals surface area contributed by atoms with Crippen LogP contribution in [0.15, 0.2) is 23.2 Å². The van der Waals surface area contributed by atoms with Crippen LogP contribution in [0.5, 0.6) is 0 Å². The van der Waals surface area contributed by atoms with Crippen LogP contribution in [0.1, 0.15) is 30.9 Å². The van der Waals surface area contributed by atoms with Crippen LogP contribution in [-0.2, 0) is 17.9 Å². The Morgan fingerprint density at radius 2 is 2.19 bits per heavy atom. The Hall–Kier alpha value is -2.15. The lowest BCUT2D eigenvalue weighted by Crippen LogP contribution is -2.44. The van der Waals surface area contributed by atoms with Crippen molar-refractivity contribution in [1.82, 2.24) is 20.4 Å². The number of rotatable bonds is 6. The SMILES string of the molecule is CCC(=O)N1CCC(NC(=NC)NCc2ccc(F)c(CN(C)C)c2)C1. The molecule has 0 saturated carbocycles. The maximum Gasteiger partial charge on any atom is 0.222 e. The summed E-state index contributed by atoms with van der Waals surface area (Å²) in [7, 11) is 5.57. The quantitative estimate of drug-likeness (QED) is 0.595. The molecule has 7 heteroatoms. The van der Waals surface area contributed by atoms with E-state index in [1.165, 1.54) is 6.07 Å². The second kappa shape index (κ2) is 9.52. The van der Waals surface area contributed by atoms with Crippen molar-refractivity contribution in [3.05, 3.63) is 35.1 Å². The Morgan fingerprint density at radius 1 is 1.42 bits per heavy atom. The fourth-order valence-electron chi connectivity index (χ4n) is 3.10. The molecule has 1 fully saturated rings. The molecular weight excluding hydrogens is 333 g/mol. The van der Waals surface area contributed by atoms with Crippen LogP contribution >= 0.6 is 0 Å². The maximum atomic E-state index is 13.9. The van der Waals surface area contributed by atoms with Crippen molar-refractivity contribution in [3.8, 4) is 0 Å². The molecular formula is C19H30FN5O. The van der Waals surface area contributed by atoms with Crippen LogP contribution in [0.4, 0.5) is 4.39 Å². The van der Waals surface area contributed by atoms with E-state index in [0.717, 1.165) is 18.5 Å². The number of likely N-dealkylation sites (tertiary alicyclic amines) is 1. The minimum atomic E-state index is -0.184. The third-order valence-corrected chi connectivity index (χ3v) is 4.46. The first-order valence-electron chi connectivity index (χ1n) is 9.10. The molecule has 0 bridgehead atoms. The lowest BCUT2D eigenvalue weighted by molar-refractivity contribution is -0.129. The van der Waals surface area contributed by atoms with Gasteiger partial charge in [-0.1, -0.05) is 13.0 Å². The molecule has 1 aromatic carbocycles. The summed E-state index contributed by atoms with van der Waals surface area (Å²) in [5, 5.41) is 6.64. The molecule has 0 spiro atoms. The number of amides is 1. The molecule has 1 heterocycles. The van der Waals surface area contributed by atoms with E-state index < -0.39 is 0 Å². The van der Waals surface area contributed by atoms with E-state index in [2.05, 4.69) is 15.6 Å². The molecule has 6 nitrogen and oxygen atoms in total. The second-order valence-corrected chi connectivity index (χ2v) is 6.91. The van der Waals surface area contributed by atoms with Crippen molar-refractivity contribution in [2.75, 3.05) is 34.2 Å². The standard InChI is InChI=1S/C19H30FN5O/c1-5-18(26)25-9-8-16(13-25)23-19(21-2)22-11-14-6-7-17(20)15(10-14)12-24(3)4/h6-7,10,16H,5,8-9,11-13H2,1-4H3,(H2,21,22,23). The third-order valence-electron chi connectivity index (χ3n) is 4.46. The van der Waals surface area contributed by atoms with Gasteiger partial charge in [0, 0.05) is 51.3 Å². The van der Waals surface area contributed by atoms with Crippen molar-refractivity contribution in [2.45, 2.75) is 38.9 Å². The normalized spacial score (nSPS) is 17.7. The first kappa shape index (κ1) is 20.2. The number of halogens is 1. The predicted octanol–water partition coefficient (Wildman–Crippen LogP) is 1.56. The summed E-state index contributed by atoms with van der Waals surface area (Å²) in [5.41, 5.74) is 1.68. The summed E-state index contributed by atoms with van der Waals surface area (Å²) in [6, 6.07) is 5.38. The average molecular weight is 363 g/mol. The van der Waals surface area contributed by atoms with E-state index in [1.807, 2.05) is 36.9 Å². The van der Waals surface area contributed by atoms with Crippen LogP contribution in [0, 0.1) is 5.82 Å². The molecule has 0 aliphatic carbocycles. The minimum Gasteiger partial charge on any atom is -0.352 e. The zero-order valence-electron chi connectivity index (χ0n) is 16.2. The van der Waals surface area contributed by atoms with Gasteiger partial charge in [-0.2, -0.15) is 0 Å². The number of hydrogen-bond donors (Lipinski definition) is 2. The van der Waals surface area contributed by atoms with Gasteiger partial charge in [-0.3, -0.25) is 9.79 Å². The van der Waals surface area contributed by atoms with Gasteiger partial charge in [-0.15, -0.1) is 0 Å². The molecule has 1 aliphatic rings. The molecule has 1 aliphatic heterocycles. The zero-order chi connectivity index (χ0) is 19.1. The first-order chi connectivity index (χ1) is 12.4. The molecule has 144 valence electrons. The zero-order valence-corrected chi connectivity index (χ0v) is 16.2. The Kier molecular flexibility index (Phi) is 7.38. The lowest BCUT2D eigenvalue weighted by atomic mass is 10.1. The van der Waals surface area contributed by atoms with Crippen molar-refractivity contribution in [2.24, 2.45) is 4.99 Å². The number of nitrogens with zero attached hydrogens (tertiary/aromatic N) is 3. The highest BCUT2D eigenvalue weighted by atomic mass is 19.1. The monoisotopic (exact) mass is 363 g/mol. The van der Waals surface area contributed by atoms with Crippen molar-refractivity contribution < 1.29 is 9.18 Å². The van der Waals surface area contributed by atoms with E-state index in [0.29, 0.717) is 37.6 Å². The van der Waals surface area contributed by atoms with Gasteiger partial charge in [0.2, 0.25) is 5.91 Å². The number of carbonyl (C=O) groups is 1. The van der Waals surface area contributed by atoms with E-state index in [-0.39, 0.29) is 17.8 Å². The smallest absolute Gasteiger partial charge is 0.222 e. The van der Waals surface area contributed by atoms with Crippen LogP contribution in [-0.4, -0.2) is 61.9 Å². The molecule has 1 unspecified atom stereocenters. The molecule has 0 aromatic heterocycles.